The van der Waals surface area contributed by atoms with E-state index in [4.69, 9.17) is 0 Å². The van der Waals surface area contributed by atoms with Gasteiger partial charge in [-0.2, -0.15) is 0 Å². The van der Waals surface area contributed by atoms with Gasteiger partial charge >= 0.3 is 0 Å². The highest BCUT2D eigenvalue weighted by Gasteiger charge is 2.11. The summed E-state index contributed by atoms with van der Waals surface area (Å²) >= 11 is 0. The van der Waals surface area contributed by atoms with Gasteiger partial charge in [-0.3, -0.25) is 4.79 Å². The number of carbonyl (C=O) groups excluding carboxylic acids is 1. The van der Waals surface area contributed by atoms with Crippen molar-refractivity contribution in [2.24, 2.45) is 0 Å². The summed E-state index contributed by atoms with van der Waals surface area (Å²) in [7, 11) is 0. The molecule has 1 N–H and O–H groups in total. The quantitative estimate of drug-likeness (QED) is 0.885. The molecule has 0 heterocycles. The second kappa shape index (κ2) is 5.70. The number of rotatable bonds is 3. The highest BCUT2D eigenvalue weighted by Crippen LogP contribution is 2.14. The lowest BCUT2D eigenvalue weighted by molar-refractivity contribution is 0.0939. The standard InChI is InChI=1S/C17H19NO/c1-12-9-13(2)11-16(10-12)17(19)18-14(3)15-7-5-4-6-8-15/h4-11,14H,1-3H3,(H,18,19)/t14-/m1/s1. The van der Waals surface area contributed by atoms with Crippen LogP contribution in [0.2, 0.25) is 0 Å². The van der Waals surface area contributed by atoms with E-state index in [0.29, 0.717) is 0 Å². The normalized spacial score (nSPS) is 11.9. The third-order valence-corrected chi connectivity index (χ3v) is 3.13. The fourth-order valence-electron chi connectivity index (χ4n) is 2.21. The minimum absolute atomic E-state index is 0.00881. The molecule has 2 rings (SSSR count). The molecule has 2 aromatic carbocycles. The van der Waals surface area contributed by atoms with E-state index in [-0.39, 0.29) is 11.9 Å². The molecule has 0 bridgehead atoms. The predicted octanol–water partition coefficient (Wildman–Crippen LogP) is 3.79. The summed E-state index contributed by atoms with van der Waals surface area (Å²) in [6.45, 7) is 6.00. The van der Waals surface area contributed by atoms with Crippen LogP contribution in [0.4, 0.5) is 0 Å². The number of nitrogens with one attached hydrogen (secondary N) is 1. The average molecular weight is 253 g/mol. The van der Waals surface area contributed by atoms with E-state index in [9.17, 15) is 4.79 Å². The van der Waals surface area contributed by atoms with Gasteiger partial charge < -0.3 is 5.32 Å². The molecule has 19 heavy (non-hydrogen) atoms. The Labute approximate surface area is 114 Å². The van der Waals surface area contributed by atoms with Gasteiger partial charge in [-0.15, -0.1) is 0 Å². The SMILES string of the molecule is Cc1cc(C)cc(C(=O)N[C@H](C)c2ccccc2)c1. The maximum atomic E-state index is 12.2. The third-order valence-electron chi connectivity index (χ3n) is 3.13. The van der Waals surface area contributed by atoms with Crippen molar-refractivity contribution in [3.8, 4) is 0 Å². The van der Waals surface area contributed by atoms with E-state index < -0.39 is 0 Å². The van der Waals surface area contributed by atoms with Gasteiger partial charge in [0.2, 0.25) is 0 Å². The molecular formula is C17H19NO. The molecule has 0 radical (unpaired) electrons. The molecule has 0 saturated carbocycles. The Bertz CT molecular complexity index is 555. The molecule has 0 aliphatic rings. The second-order valence-electron chi connectivity index (χ2n) is 4.98. The molecule has 0 spiro atoms. The number of benzene rings is 2. The van der Waals surface area contributed by atoms with Crippen LogP contribution in [0.3, 0.4) is 0 Å². The van der Waals surface area contributed by atoms with Gasteiger partial charge in [0.15, 0.2) is 0 Å². The average Bonchev–Trinajstić information content (AvgIpc) is 2.38. The Hall–Kier alpha value is -2.09. The molecule has 2 aromatic rings. The summed E-state index contributed by atoms with van der Waals surface area (Å²) in [5, 5.41) is 3.03. The number of aryl methyl sites for hydroxylation is 2. The minimum Gasteiger partial charge on any atom is -0.346 e. The first-order valence-corrected chi connectivity index (χ1v) is 6.50. The Kier molecular flexibility index (Phi) is 4.00. The van der Waals surface area contributed by atoms with Crippen LogP contribution in [0, 0.1) is 13.8 Å². The molecule has 0 saturated heterocycles. The Morgan fingerprint density at radius 1 is 1.00 bits per heavy atom. The third kappa shape index (κ3) is 3.44. The molecular weight excluding hydrogens is 234 g/mol. The van der Waals surface area contributed by atoms with E-state index in [0.717, 1.165) is 22.3 Å². The first kappa shape index (κ1) is 13.3. The van der Waals surface area contributed by atoms with Crippen molar-refractivity contribution < 1.29 is 4.79 Å². The van der Waals surface area contributed by atoms with Gasteiger partial charge in [-0.1, -0.05) is 47.5 Å². The lowest BCUT2D eigenvalue weighted by Crippen LogP contribution is -2.26. The zero-order chi connectivity index (χ0) is 13.8. The smallest absolute Gasteiger partial charge is 0.251 e. The molecule has 2 heteroatoms. The van der Waals surface area contributed by atoms with Gasteiger partial charge in [-0.25, -0.2) is 0 Å². The Balaban J connectivity index is 2.13. The van der Waals surface area contributed by atoms with Crippen molar-refractivity contribution in [1.82, 2.24) is 5.32 Å². The number of carbonyl (C=O) groups is 1. The molecule has 0 aliphatic carbocycles. The lowest BCUT2D eigenvalue weighted by atomic mass is 10.1. The summed E-state index contributed by atoms with van der Waals surface area (Å²) in [4.78, 5) is 12.2. The fourth-order valence-corrected chi connectivity index (χ4v) is 2.21. The molecule has 0 unspecified atom stereocenters. The van der Waals surface area contributed by atoms with Gasteiger partial charge in [0.25, 0.3) is 5.91 Å². The van der Waals surface area contributed by atoms with Crippen molar-refractivity contribution >= 4 is 5.91 Å². The van der Waals surface area contributed by atoms with Crippen molar-refractivity contribution in [1.29, 1.82) is 0 Å². The molecule has 2 nitrogen and oxygen atoms in total. The molecule has 1 amide bonds. The number of amides is 1. The van der Waals surface area contributed by atoms with Crippen LogP contribution >= 0.6 is 0 Å². The first-order chi connectivity index (χ1) is 9.06. The van der Waals surface area contributed by atoms with Crippen molar-refractivity contribution in [3.63, 3.8) is 0 Å². The maximum Gasteiger partial charge on any atom is 0.251 e. The summed E-state index contributed by atoms with van der Waals surface area (Å²) in [5.41, 5.74) is 4.05. The van der Waals surface area contributed by atoms with Gasteiger partial charge in [-0.05, 0) is 38.5 Å². The van der Waals surface area contributed by atoms with E-state index in [2.05, 4.69) is 11.4 Å². The van der Waals surface area contributed by atoms with Gasteiger partial charge in [0.05, 0.1) is 6.04 Å². The van der Waals surface area contributed by atoms with Crippen LogP contribution in [-0.2, 0) is 0 Å². The summed E-state index contributed by atoms with van der Waals surface area (Å²) in [6, 6.07) is 15.9. The second-order valence-corrected chi connectivity index (χ2v) is 4.98. The van der Waals surface area contributed by atoms with Crippen LogP contribution in [0.25, 0.3) is 0 Å². The van der Waals surface area contributed by atoms with E-state index in [1.54, 1.807) is 0 Å². The maximum absolute atomic E-state index is 12.2. The highest BCUT2D eigenvalue weighted by atomic mass is 16.1. The molecule has 0 aromatic heterocycles. The predicted molar refractivity (Wildman–Crippen MR) is 78.2 cm³/mol. The fraction of sp³-hybridized carbons (Fsp3) is 0.235. The first-order valence-electron chi connectivity index (χ1n) is 6.50. The van der Waals surface area contributed by atoms with E-state index >= 15 is 0 Å². The topological polar surface area (TPSA) is 29.1 Å². The number of hydrogen-bond acceptors (Lipinski definition) is 1. The van der Waals surface area contributed by atoms with Crippen molar-refractivity contribution in [3.05, 3.63) is 70.8 Å². The monoisotopic (exact) mass is 253 g/mol. The molecule has 98 valence electrons. The van der Waals surface area contributed by atoms with Crippen LogP contribution in [0.1, 0.15) is 40.0 Å². The zero-order valence-corrected chi connectivity index (χ0v) is 11.6. The Morgan fingerprint density at radius 3 is 2.16 bits per heavy atom. The summed E-state index contributed by atoms with van der Waals surface area (Å²) < 4.78 is 0. The zero-order valence-electron chi connectivity index (χ0n) is 11.6. The largest absolute Gasteiger partial charge is 0.346 e. The summed E-state index contributed by atoms with van der Waals surface area (Å²) in [6.07, 6.45) is 0. The van der Waals surface area contributed by atoms with Crippen LogP contribution in [0.5, 0.6) is 0 Å². The van der Waals surface area contributed by atoms with Crippen LogP contribution in [0.15, 0.2) is 48.5 Å². The lowest BCUT2D eigenvalue weighted by Gasteiger charge is -2.14. The number of hydrogen-bond donors (Lipinski definition) is 1. The Morgan fingerprint density at radius 2 is 1.58 bits per heavy atom. The minimum atomic E-state index is -0.0249. The summed E-state index contributed by atoms with van der Waals surface area (Å²) in [5.74, 6) is -0.0249. The molecule has 0 aliphatic heterocycles. The highest BCUT2D eigenvalue weighted by molar-refractivity contribution is 5.94. The van der Waals surface area contributed by atoms with Gasteiger partial charge in [0.1, 0.15) is 0 Å². The van der Waals surface area contributed by atoms with E-state index in [1.165, 1.54) is 0 Å². The van der Waals surface area contributed by atoms with Crippen molar-refractivity contribution in [2.45, 2.75) is 26.8 Å². The van der Waals surface area contributed by atoms with Gasteiger partial charge in [0, 0.05) is 5.56 Å². The van der Waals surface area contributed by atoms with Crippen LogP contribution < -0.4 is 5.32 Å². The van der Waals surface area contributed by atoms with E-state index in [1.807, 2.05) is 63.2 Å². The molecule has 1 atom stereocenters. The molecule has 0 fully saturated rings. The van der Waals surface area contributed by atoms with Crippen LogP contribution in [-0.4, -0.2) is 5.91 Å². The van der Waals surface area contributed by atoms with Crippen molar-refractivity contribution in [2.75, 3.05) is 0 Å².